The SMILES string of the molecule is O=C(NCc1ccccc1O)C1CCN(S(=O)(=O)c2ccc3ccccc3c2)CC1. The topological polar surface area (TPSA) is 86.7 Å². The summed E-state index contributed by atoms with van der Waals surface area (Å²) in [5, 5.41) is 14.5. The second-order valence-corrected chi connectivity index (χ2v) is 9.47. The van der Waals surface area contributed by atoms with E-state index in [1.54, 1.807) is 36.4 Å². The van der Waals surface area contributed by atoms with Gasteiger partial charge in [-0.2, -0.15) is 4.31 Å². The van der Waals surface area contributed by atoms with Gasteiger partial charge >= 0.3 is 0 Å². The summed E-state index contributed by atoms with van der Waals surface area (Å²) in [5.41, 5.74) is 0.655. The molecule has 0 aromatic heterocycles. The number of hydrogen-bond donors (Lipinski definition) is 2. The van der Waals surface area contributed by atoms with Crippen LogP contribution in [0.5, 0.6) is 5.75 Å². The fourth-order valence-corrected chi connectivity index (χ4v) is 5.33. The van der Waals surface area contributed by atoms with Crippen LogP contribution in [0, 0.1) is 5.92 Å². The molecule has 1 aliphatic heterocycles. The van der Waals surface area contributed by atoms with E-state index in [1.165, 1.54) is 4.31 Å². The number of para-hydroxylation sites is 1. The Balaban J connectivity index is 1.38. The molecule has 1 saturated heterocycles. The minimum atomic E-state index is -3.59. The molecule has 2 N–H and O–H groups in total. The number of rotatable bonds is 5. The van der Waals surface area contributed by atoms with Gasteiger partial charge in [0.05, 0.1) is 4.90 Å². The van der Waals surface area contributed by atoms with Crippen molar-refractivity contribution in [1.29, 1.82) is 0 Å². The van der Waals surface area contributed by atoms with Crippen LogP contribution in [-0.2, 0) is 21.4 Å². The number of phenolic OH excluding ortho intramolecular Hbond substituents is 1. The fourth-order valence-electron chi connectivity index (χ4n) is 3.82. The first kappa shape index (κ1) is 20.4. The van der Waals surface area contributed by atoms with Gasteiger partial charge < -0.3 is 10.4 Å². The van der Waals surface area contributed by atoms with Crippen LogP contribution in [0.4, 0.5) is 0 Å². The molecule has 3 aromatic rings. The summed E-state index contributed by atoms with van der Waals surface area (Å²) in [7, 11) is -3.59. The Kier molecular flexibility index (Phi) is 5.74. The molecule has 0 unspecified atom stereocenters. The number of benzene rings is 3. The number of aromatic hydroxyl groups is 1. The molecular weight excluding hydrogens is 400 g/mol. The molecule has 6 nitrogen and oxygen atoms in total. The molecule has 0 bridgehead atoms. The molecule has 30 heavy (non-hydrogen) atoms. The smallest absolute Gasteiger partial charge is 0.243 e. The second kappa shape index (κ2) is 8.45. The molecule has 1 aliphatic rings. The third kappa shape index (κ3) is 4.17. The third-order valence-corrected chi connectivity index (χ3v) is 7.52. The number of phenols is 1. The van der Waals surface area contributed by atoms with Crippen molar-refractivity contribution >= 4 is 26.7 Å². The predicted molar refractivity (Wildman–Crippen MR) is 115 cm³/mol. The third-order valence-electron chi connectivity index (χ3n) is 5.63. The van der Waals surface area contributed by atoms with Gasteiger partial charge in [-0.15, -0.1) is 0 Å². The largest absolute Gasteiger partial charge is 0.508 e. The molecule has 0 radical (unpaired) electrons. The van der Waals surface area contributed by atoms with Gasteiger partial charge in [0.1, 0.15) is 5.75 Å². The minimum Gasteiger partial charge on any atom is -0.508 e. The monoisotopic (exact) mass is 424 g/mol. The summed E-state index contributed by atoms with van der Waals surface area (Å²) >= 11 is 0. The van der Waals surface area contributed by atoms with Crippen LogP contribution in [0.25, 0.3) is 10.8 Å². The van der Waals surface area contributed by atoms with Crippen molar-refractivity contribution in [3.63, 3.8) is 0 Å². The van der Waals surface area contributed by atoms with Crippen molar-refractivity contribution in [1.82, 2.24) is 9.62 Å². The maximum atomic E-state index is 13.1. The number of nitrogens with zero attached hydrogens (tertiary/aromatic N) is 1. The Morgan fingerprint density at radius 2 is 1.63 bits per heavy atom. The van der Waals surface area contributed by atoms with E-state index >= 15 is 0 Å². The Labute approximate surface area is 176 Å². The maximum Gasteiger partial charge on any atom is 0.243 e. The molecule has 1 amide bonds. The summed E-state index contributed by atoms with van der Waals surface area (Å²) in [4.78, 5) is 12.8. The number of sulfonamides is 1. The molecule has 0 atom stereocenters. The van der Waals surface area contributed by atoms with Gasteiger partial charge in [-0.3, -0.25) is 4.79 Å². The van der Waals surface area contributed by atoms with Crippen LogP contribution in [0.3, 0.4) is 0 Å². The summed E-state index contributed by atoms with van der Waals surface area (Å²) in [6.45, 7) is 0.870. The number of piperidine rings is 1. The summed E-state index contributed by atoms with van der Waals surface area (Å²) in [6.07, 6.45) is 0.943. The maximum absolute atomic E-state index is 13.1. The van der Waals surface area contributed by atoms with Gasteiger partial charge in [0.15, 0.2) is 0 Å². The van der Waals surface area contributed by atoms with E-state index in [1.807, 2.05) is 30.3 Å². The highest BCUT2D eigenvalue weighted by Crippen LogP contribution is 2.26. The molecule has 0 spiro atoms. The lowest BCUT2D eigenvalue weighted by Gasteiger charge is -2.30. The standard InChI is InChI=1S/C23H24N2O4S/c26-22-8-4-3-7-20(22)16-24-23(27)18-11-13-25(14-12-18)30(28,29)21-10-9-17-5-1-2-6-19(17)15-21/h1-10,15,18,26H,11-14,16H2,(H,24,27). The zero-order valence-electron chi connectivity index (χ0n) is 16.5. The van der Waals surface area contributed by atoms with Crippen molar-refractivity contribution in [2.45, 2.75) is 24.3 Å². The van der Waals surface area contributed by atoms with E-state index in [-0.39, 0.29) is 29.0 Å². The van der Waals surface area contributed by atoms with Crippen LogP contribution >= 0.6 is 0 Å². The molecule has 3 aromatic carbocycles. The van der Waals surface area contributed by atoms with Gasteiger partial charge in [-0.1, -0.05) is 48.5 Å². The van der Waals surface area contributed by atoms with E-state index in [4.69, 9.17) is 0 Å². The molecule has 4 rings (SSSR count). The van der Waals surface area contributed by atoms with Crippen LogP contribution in [0.2, 0.25) is 0 Å². The quantitative estimate of drug-likeness (QED) is 0.658. The van der Waals surface area contributed by atoms with Gasteiger partial charge in [0.25, 0.3) is 0 Å². The summed E-state index contributed by atoms with van der Waals surface area (Å²) < 4.78 is 27.6. The van der Waals surface area contributed by atoms with Crippen molar-refractivity contribution < 1.29 is 18.3 Å². The number of hydrogen-bond acceptors (Lipinski definition) is 4. The number of fused-ring (bicyclic) bond motifs is 1. The van der Waals surface area contributed by atoms with Crippen LogP contribution < -0.4 is 5.32 Å². The zero-order chi connectivity index (χ0) is 21.1. The minimum absolute atomic E-state index is 0.110. The van der Waals surface area contributed by atoms with Crippen molar-refractivity contribution in [3.8, 4) is 5.75 Å². The highest BCUT2D eigenvalue weighted by Gasteiger charge is 2.32. The van der Waals surface area contributed by atoms with Gasteiger partial charge in [-0.05, 0) is 41.8 Å². The first-order chi connectivity index (χ1) is 14.4. The Bertz CT molecular complexity index is 1170. The van der Waals surface area contributed by atoms with E-state index in [0.29, 0.717) is 31.5 Å². The molecule has 0 saturated carbocycles. The molecule has 0 aliphatic carbocycles. The number of carbonyl (C=O) groups excluding carboxylic acids is 1. The lowest BCUT2D eigenvalue weighted by Crippen LogP contribution is -2.42. The zero-order valence-corrected chi connectivity index (χ0v) is 17.3. The van der Waals surface area contributed by atoms with Crippen molar-refractivity contribution in [3.05, 3.63) is 72.3 Å². The molecule has 7 heteroatoms. The molecule has 156 valence electrons. The summed E-state index contributed by atoms with van der Waals surface area (Å²) in [5.74, 6) is -0.200. The average Bonchev–Trinajstić information content (AvgIpc) is 2.78. The first-order valence-corrected chi connectivity index (χ1v) is 11.4. The number of carbonyl (C=O) groups is 1. The van der Waals surface area contributed by atoms with Crippen molar-refractivity contribution in [2.24, 2.45) is 5.92 Å². The predicted octanol–water partition coefficient (Wildman–Crippen LogP) is 3.26. The van der Waals surface area contributed by atoms with Gasteiger partial charge in [0.2, 0.25) is 15.9 Å². The first-order valence-electron chi connectivity index (χ1n) is 9.99. The number of nitrogens with one attached hydrogen (secondary N) is 1. The fraction of sp³-hybridized carbons (Fsp3) is 0.261. The van der Waals surface area contributed by atoms with E-state index in [0.717, 1.165) is 10.8 Å². The Hall–Kier alpha value is -2.90. The highest BCUT2D eigenvalue weighted by atomic mass is 32.2. The highest BCUT2D eigenvalue weighted by molar-refractivity contribution is 7.89. The van der Waals surface area contributed by atoms with Crippen LogP contribution in [-0.4, -0.2) is 36.8 Å². The average molecular weight is 425 g/mol. The van der Waals surface area contributed by atoms with Crippen LogP contribution in [0.15, 0.2) is 71.6 Å². The molecular formula is C23H24N2O4S. The Morgan fingerprint density at radius 1 is 0.967 bits per heavy atom. The van der Waals surface area contributed by atoms with Gasteiger partial charge in [0, 0.05) is 31.1 Å². The summed E-state index contributed by atoms with van der Waals surface area (Å²) in [6, 6.07) is 19.7. The molecule has 1 fully saturated rings. The van der Waals surface area contributed by atoms with Gasteiger partial charge in [-0.25, -0.2) is 8.42 Å². The lowest BCUT2D eigenvalue weighted by molar-refractivity contribution is -0.126. The van der Waals surface area contributed by atoms with Crippen LogP contribution in [0.1, 0.15) is 18.4 Å². The number of amides is 1. The normalized spacial score (nSPS) is 15.9. The van der Waals surface area contributed by atoms with E-state index in [2.05, 4.69) is 5.32 Å². The molecule has 1 heterocycles. The van der Waals surface area contributed by atoms with Crippen molar-refractivity contribution in [2.75, 3.05) is 13.1 Å². The Morgan fingerprint density at radius 3 is 2.37 bits per heavy atom. The van der Waals surface area contributed by atoms with E-state index in [9.17, 15) is 18.3 Å². The second-order valence-electron chi connectivity index (χ2n) is 7.53. The van der Waals surface area contributed by atoms with E-state index < -0.39 is 10.0 Å². The lowest BCUT2D eigenvalue weighted by atomic mass is 9.97.